The largest absolute Gasteiger partial charge is 0.304 e. The number of hydrogen-bond donors (Lipinski definition) is 1. The highest BCUT2D eigenvalue weighted by molar-refractivity contribution is 5.41. The maximum absolute atomic E-state index is 13.8. The van der Waals surface area contributed by atoms with Gasteiger partial charge in [-0.1, -0.05) is 27.7 Å². The lowest BCUT2D eigenvalue weighted by molar-refractivity contribution is 0.313. The molecule has 1 N–H and O–H groups in total. The van der Waals surface area contributed by atoms with E-state index < -0.39 is 0 Å². The molecule has 1 saturated heterocycles. The molecule has 1 fully saturated rings. The van der Waals surface area contributed by atoms with Crippen LogP contribution in [0.15, 0.2) is 12.1 Å². The average molecular weight is 277 g/mol. The number of aryl methyl sites for hydroxylation is 2. The minimum atomic E-state index is -0.0995. The van der Waals surface area contributed by atoms with Crippen LogP contribution in [0.1, 0.15) is 70.7 Å². The molecule has 1 nitrogen and oxygen atoms in total. The van der Waals surface area contributed by atoms with Gasteiger partial charge in [0.2, 0.25) is 0 Å². The van der Waals surface area contributed by atoms with Gasteiger partial charge in [-0.3, -0.25) is 0 Å². The summed E-state index contributed by atoms with van der Waals surface area (Å²) in [7, 11) is 0. The molecule has 0 aliphatic carbocycles. The summed E-state index contributed by atoms with van der Waals surface area (Å²) in [6.45, 7) is 13.4. The van der Waals surface area contributed by atoms with Crippen LogP contribution in [-0.4, -0.2) is 5.54 Å². The van der Waals surface area contributed by atoms with Gasteiger partial charge in [0, 0.05) is 11.6 Å². The maximum atomic E-state index is 13.8. The number of nitrogens with one attached hydrogen (secondary N) is 1. The van der Waals surface area contributed by atoms with Gasteiger partial charge < -0.3 is 5.32 Å². The second-order valence-corrected chi connectivity index (χ2v) is 7.47. The summed E-state index contributed by atoms with van der Waals surface area (Å²) in [4.78, 5) is 0. The fourth-order valence-corrected chi connectivity index (χ4v) is 4.03. The van der Waals surface area contributed by atoms with E-state index in [2.05, 4.69) is 46.9 Å². The molecule has 0 bridgehead atoms. The summed E-state index contributed by atoms with van der Waals surface area (Å²) >= 11 is 0. The van der Waals surface area contributed by atoms with Gasteiger partial charge in [0.05, 0.1) is 0 Å². The van der Waals surface area contributed by atoms with Gasteiger partial charge in [-0.05, 0) is 67.3 Å². The second-order valence-electron chi connectivity index (χ2n) is 7.47. The zero-order valence-corrected chi connectivity index (χ0v) is 13.7. The Morgan fingerprint density at radius 3 is 1.95 bits per heavy atom. The number of benzene rings is 1. The monoisotopic (exact) mass is 277 g/mol. The molecule has 0 amide bonds. The van der Waals surface area contributed by atoms with E-state index in [0.29, 0.717) is 6.04 Å². The van der Waals surface area contributed by atoms with Crippen LogP contribution in [0.2, 0.25) is 0 Å². The molecule has 1 heterocycles. The number of rotatable bonds is 3. The first kappa shape index (κ1) is 15.5. The highest BCUT2D eigenvalue weighted by atomic mass is 19.1. The summed E-state index contributed by atoms with van der Waals surface area (Å²) in [6, 6.07) is 3.75. The minimum Gasteiger partial charge on any atom is -0.304 e. The standard InChI is InChI=1S/C18H28FN/c1-7-12-9-14(19)10-13(8-2)15(12)16-17(3,4)11-18(5,6)20-16/h9-10,16,20H,7-8,11H2,1-6H3. The molecule has 0 aromatic heterocycles. The summed E-state index contributed by atoms with van der Waals surface area (Å²) < 4.78 is 13.8. The molecule has 0 saturated carbocycles. The van der Waals surface area contributed by atoms with Gasteiger partial charge in [0.1, 0.15) is 5.82 Å². The molecular formula is C18H28FN. The SMILES string of the molecule is CCc1cc(F)cc(CC)c1C1NC(C)(C)CC1(C)C. The first-order valence-electron chi connectivity index (χ1n) is 7.79. The molecule has 1 aliphatic heterocycles. The molecule has 1 unspecified atom stereocenters. The summed E-state index contributed by atoms with van der Waals surface area (Å²) in [5, 5.41) is 3.78. The van der Waals surface area contributed by atoms with Crippen molar-refractivity contribution in [3.05, 3.63) is 34.6 Å². The third-order valence-electron chi connectivity index (χ3n) is 4.58. The van der Waals surface area contributed by atoms with Crippen molar-refractivity contribution in [2.24, 2.45) is 5.41 Å². The molecule has 1 aromatic carbocycles. The van der Waals surface area contributed by atoms with Crippen LogP contribution in [0.3, 0.4) is 0 Å². The van der Waals surface area contributed by atoms with Crippen molar-refractivity contribution >= 4 is 0 Å². The Balaban J connectivity index is 2.57. The fourth-order valence-electron chi connectivity index (χ4n) is 4.03. The highest BCUT2D eigenvalue weighted by Crippen LogP contribution is 2.48. The predicted molar refractivity (Wildman–Crippen MR) is 83.5 cm³/mol. The maximum Gasteiger partial charge on any atom is 0.123 e. The van der Waals surface area contributed by atoms with E-state index in [-0.39, 0.29) is 16.8 Å². The van der Waals surface area contributed by atoms with Crippen molar-refractivity contribution in [2.45, 2.75) is 72.4 Å². The average Bonchev–Trinajstić information content (AvgIpc) is 2.55. The Bertz CT molecular complexity index is 477. The molecule has 0 spiro atoms. The van der Waals surface area contributed by atoms with Crippen LogP contribution < -0.4 is 5.32 Å². The molecule has 1 atom stereocenters. The van der Waals surface area contributed by atoms with Crippen LogP contribution in [0.25, 0.3) is 0 Å². The second kappa shape index (κ2) is 5.14. The quantitative estimate of drug-likeness (QED) is 0.837. The van der Waals surface area contributed by atoms with Gasteiger partial charge in [-0.25, -0.2) is 4.39 Å². The van der Waals surface area contributed by atoms with Crippen LogP contribution >= 0.6 is 0 Å². The van der Waals surface area contributed by atoms with E-state index in [1.54, 1.807) is 12.1 Å². The lowest BCUT2D eigenvalue weighted by Crippen LogP contribution is -2.34. The van der Waals surface area contributed by atoms with Gasteiger partial charge >= 0.3 is 0 Å². The zero-order valence-electron chi connectivity index (χ0n) is 13.7. The summed E-state index contributed by atoms with van der Waals surface area (Å²) in [5.41, 5.74) is 3.98. The Morgan fingerprint density at radius 1 is 1.10 bits per heavy atom. The first-order valence-corrected chi connectivity index (χ1v) is 7.79. The van der Waals surface area contributed by atoms with Gasteiger partial charge in [-0.15, -0.1) is 0 Å². The first-order chi connectivity index (χ1) is 9.20. The molecule has 20 heavy (non-hydrogen) atoms. The highest BCUT2D eigenvalue weighted by Gasteiger charge is 2.45. The van der Waals surface area contributed by atoms with E-state index >= 15 is 0 Å². The van der Waals surface area contributed by atoms with Crippen molar-refractivity contribution in [2.75, 3.05) is 0 Å². The van der Waals surface area contributed by atoms with Crippen molar-refractivity contribution < 1.29 is 4.39 Å². The smallest absolute Gasteiger partial charge is 0.123 e. The topological polar surface area (TPSA) is 12.0 Å². The zero-order chi connectivity index (χ0) is 15.1. The normalized spacial score (nSPS) is 24.1. The van der Waals surface area contributed by atoms with E-state index in [1.807, 2.05) is 0 Å². The van der Waals surface area contributed by atoms with Crippen LogP contribution in [0.4, 0.5) is 4.39 Å². The third-order valence-corrected chi connectivity index (χ3v) is 4.58. The molecule has 2 rings (SSSR count). The fraction of sp³-hybridized carbons (Fsp3) is 0.667. The summed E-state index contributed by atoms with van der Waals surface area (Å²) in [5.74, 6) is -0.0995. The third kappa shape index (κ3) is 2.76. The van der Waals surface area contributed by atoms with Crippen LogP contribution in [0, 0.1) is 11.2 Å². The minimum absolute atomic E-state index is 0.0995. The predicted octanol–water partition coefficient (Wildman–Crippen LogP) is 4.79. The van der Waals surface area contributed by atoms with Crippen molar-refractivity contribution in [1.82, 2.24) is 5.32 Å². The van der Waals surface area contributed by atoms with Crippen molar-refractivity contribution in [3.63, 3.8) is 0 Å². The van der Waals surface area contributed by atoms with Gasteiger partial charge in [0.25, 0.3) is 0 Å². The van der Waals surface area contributed by atoms with Gasteiger partial charge in [0.15, 0.2) is 0 Å². The number of halogens is 1. The van der Waals surface area contributed by atoms with Crippen molar-refractivity contribution in [3.8, 4) is 0 Å². The Labute approximate surface area is 123 Å². The van der Waals surface area contributed by atoms with E-state index in [0.717, 1.165) is 30.4 Å². The Hall–Kier alpha value is -0.890. The summed E-state index contributed by atoms with van der Waals surface area (Å²) in [6.07, 6.45) is 2.90. The molecule has 2 heteroatoms. The van der Waals surface area contributed by atoms with Crippen LogP contribution in [-0.2, 0) is 12.8 Å². The molecular weight excluding hydrogens is 249 g/mol. The molecule has 1 aromatic rings. The Kier molecular flexibility index (Phi) is 3.98. The Morgan fingerprint density at radius 2 is 1.60 bits per heavy atom. The molecule has 0 radical (unpaired) electrons. The lowest BCUT2D eigenvalue weighted by Gasteiger charge is -2.30. The van der Waals surface area contributed by atoms with Crippen LogP contribution in [0.5, 0.6) is 0 Å². The molecule has 112 valence electrons. The van der Waals surface area contributed by atoms with Crippen molar-refractivity contribution in [1.29, 1.82) is 0 Å². The lowest BCUT2D eigenvalue weighted by atomic mass is 9.76. The molecule has 1 aliphatic rings. The van der Waals surface area contributed by atoms with E-state index in [9.17, 15) is 4.39 Å². The van der Waals surface area contributed by atoms with E-state index in [1.165, 1.54) is 5.56 Å². The van der Waals surface area contributed by atoms with Gasteiger partial charge in [-0.2, -0.15) is 0 Å². The van der Waals surface area contributed by atoms with E-state index in [4.69, 9.17) is 0 Å². The number of hydrogen-bond acceptors (Lipinski definition) is 1.